The summed E-state index contributed by atoms with van der Waals surface area (Å²) in [7, 11) is 0. The van der Waals surface area contributed by atoms with Crippen molar-refractivity contribution in [2.24, 2.45) is 4.99 Å². The summed E-state index contributed by atoms with van der Waals surface area (Å²) < 4.78 is 7.89. The van der Waals surface area contributed by atoms with E-state index in [1.165, 1.54) is 24.8 Å². The summed E-state index contributed by atoms with van der Waals surface area (Å²) in [5.41, 5.74) is 1.18. The number of furan rings is 1. The van der Waals surface area contributed by atoms with E-state index in [2.05, 4.69) is 55.4 Å². The molecule has 0 radical (unpaired) electrons. The highest BCUT2D eigenvalue weighted by Gasteiger charge is 2.24. The number of guanidine groups is 1. The molecule has 2 aromatic heterocycles. The molecule has 4 rings (SSSR count). The SMILES string of the molecule is CCc1nncn1CCNC(=NCc1ccccc1)NCC(c1ccco1)N1CCCCC1. The van der Waals surface area contributed by atoms with E-state index >= 15 is 0 Å². The zero-order valence-electron chi connectivity index (χ0n) is 19.5. The number of hydrogen-bond acceptors (Lipinski definition) is 5. The van der Waals surface area contributed by atoms with Gasteiger partial charge in [0.2, 0.25) is 0 Å². The van der Waals surface area contributed by atoms with Gasteiger partial charge >= 0.3 is 0 Å². The van der Waals surface area contributed by atoms with Gasteiger partial charge in [0.25, 0.3) is 0 Å². The molecular formula is C25H35N7O. The maximum Gasteiger partial charge on any atom is 0.191 e. The quantitative estimate of drug-likeness (QED) is 0.365. The second-order valence-electron chi connectivity index (χ2n) is 8.38. The number of aliphatic imine (C=N–C) groups is 1. The lowest BCUT2D eigenvalue weighted by molar-refractivity contribution is 0.146. The lowest BCUT2D eigenvalue weighted by Gasteiger charge is -2.33. The molecule has 8 heteroatoms. The molecule has 1 atom stereocenters. The van der Waals surface area contributed by atoms with Crippen LogP contribution in [-0.4, -0.2) is 51.8 Å². The van der Waals surface area contributed by atoms with Crippen molar-refractivity contribution in [1.29, 1.82) is 0 Å². The summed E-state index contributed by atoms with van der Waals surface area (Å²) in [4.78, 5) is 7.38. The third-order valence-electron chi connectivity index (χ3n) is 6.09. The second kappa shape index (κ2) is 12.2. The normalized spacial score (nSPS) is 16.0. The van der Waals surface area contributed by atoms with Gasteiger partial charge in [0.05, 0.1) is 18.8 Å². The number of aromatic nitrogens is 3. The Hall–Kier alpha value is -3.13. The first-order valence-electron chi connectivity index (χ1n) is 12.0. The Morgan fingerprint density at radius 2 is 1.94 bits per heavy atom. The Morgan fingerprint density at radius 1 is 1.09 bits per heavy atom. The highest BCUT2D eigenvalue weighted by Crippen LogP contribution is 2.24. The minimum Gasteiger partial charge on any atom is -0.468 e. The molecule has 0 spiro atoms. The van der Waals surface area contributed by atoms with Gasteiger partial charge < -0.3 is 19.6 Å². The first-order chi connectivity index (χ1) is 16.3. The van der Waals surface area contributed by atoms with Gasteiger partial charge in [-0.25, -0.2) is 4.99 Å². The minimum atomic E-state index is 0.188. The third-order valence-corrected chi connectivity index (χ3v) is 6.09. The third kappa shape index (κ3) is 6.68. The van der Waals surface area contributed by atoms with Crippen LogP contribution in [0.2, 0.25) is 0 Å². The summed E-state index contributed by atoms with van der Waals surface area (Å²) in [5, 5.41) is 15.3. The van der Waals surface area contributed by atoms with Gasteiger partial charge in [-0.05, 0) is 43.6 Å². The summed E-state index contributed by atoms with van der Waals surface area (Å²) in [6, 6.07) is 14.6. The van der Waals surface area contributed by atoms with Gasteiger partial charge in [-0.2, -0.15) is 0 Å². The largest absolute Gasteiger partial charge is 0.468 e. The van der Waals surface area contributed by atoms with E-state index in [1.807, 2.05) is 24.3 Å². The Bertz CT molecular complexity index is 962. The average molecular weight is 450 g/mol. The predicted octanol–water partition coefficient (Wildman–Crippen LogP) is 3.40. The molecule has 1 fully saturated rings. The van der Waals surface area contributed by atoms with Gasteiger partial charge in [-0.1, -0.05) is 43.7 Å². The zero-order valence-corrected chi connectivity index (χ0v) is 19.5. The lowest BCUT2D eigenvalue weighted by Crippen LogP contribution is -2.45. The number of piperidine rings is 1. The Morgan fingerprint density at radius 3 is 2.70 bits per heavy atom. The zero-order chi connectivity index (χ0) is 22.7. The summed E-state index contributed by atoms with van der Waals surface area (Å²) >= 11 is 0. The molecule has 0 aliphatic carbocycles. The van der Waals surface area contributed by atoms with Crippen LogP contribution in [0.3, 0.4) is 0 Å². The van der Waals surface area contributed by atoms with Crippen molar-refractivity contribution in [2.45, 2.75) is 51.7 Å². The monoisotopic (exact) mass is 449 g/mol. The molecule has 33 heavy (non-hydrogen) atoms. The molecule has 1 aliphatic heterocycles. The molecule has 1 unspecified atom stereocenters. The smallest absolute Gasteiger partial charge is 0.191 e. The Kier molecular flexibility index (Phi) is 8.52. The van der Waals surface area contributed by atoms with Gasteiger partial charge in [0.15, 0.2) is 5.96 Å². The van der Waals surface area contributed by atoms with Gasteiger partial charge in [0, 0.05) is 26.1 Å². The number of likely N-dealkylation sites (tertiary alicyclic amines) is 1. The molecule has 8 nitrogen and oxygen atoms in total. The van der Waals surface area contributed by atoms with E-state index < -0.39 is 0 Å². The van der Waals surface area contributed by atoms with Crippen LogP contribution in [-0.2, 0) is 19.5 Å². The van der Waals surface area contributed by atoms with Crippen LogP contribution in [0.15, 0.2) is 64.5 Å². The fourth-order valence-electron chi connectivity index (χ4n) is 4.28. The molecule has 2 N–H and O–H groups in total. The highest BCUT2D eigenvalue weighted by atomic mass is 16.3. The molecule has 1 aliphatic rings. The summed E-state index contributed by atoms with van der Waals surface area (Å²) in [6.07, 6.45) is 8.21. The van der Waals surface area contributed by atoms with Crippen LogP contribution in [0.5, 0.6) is 0 Å². The van der Waals surface area contributed by atoms with Gasteiger partial charge in [-0.3, -0.25) is 4.90 Å². The molecule has 176 valence electrons. The van der Waals surface area contributed by atoms with Crippen molar-refractivity contribution in [3.05, 3.63) is 72.2 Å². The first-order valence-corrected chi connectivity index (χ1v) is 12.0. The number of nitrogens with one attached hydrogen (secondary N) is 2. The number of aryl methyl sites for hydroxylation is 1. The molecule has 3 heterocycles. The first kappa shape index (κ1) is 23.0. The van der Waals surface area contributed by atoms with E-state index in [-0.39, 0.29) is 6.04 Å². The Labute approximate surface area is 196 Å². The minimum absolute atomic E-state index is 0.188. The highest BCUT2D eigenvalue weighted by molar-refractivity contribution is 5.79. The molecule has 3 aromatic rings. The number of rotatable bonds is 10. The average Bonchev–Trinajstić information content (AvgIpc) is 3.56. The molecule has 1 saturated heterocycles. The number of nitrogens with zero attached hydrogens (tertiary/aromatic N) is 5. The standard InChI is InChI=1S/C25H35N7O/c1-2-24-30-29-20-32(24)16-13-26-25(27-18-21-10-5-3-6-11-21)28-19-22(23-12-9-17-33-23)31-14-7-4-8-15-31/h3,5-6,9-12,17,20,22H,2,4,7-8,13-16,18-19H2,1H3,(H2,26,27,28). The molecular weight excluding hydrogens is 414 g/mol. The van der Waals surface area contributed by atoms with Crippen LogP contribution in [0.4, 0.5) is 0 Å². The summed E-state index contributed by atoms with van der Waals surface area (Å²) in [5.74, 6) is 2.80. The summed E-state index contributed by atoms with van der Waals surface area (Å²) in [6.45, 7) is 7.18. The van der Waals surface area contributed by atoms with Crippen molar-refractivity contribution >= 4 is 5.96 Å². The van der Waals surface area contributed by atoms with Crippen LogP contribution >= 0.6 is 0 Å². The van der Waals surface area contributed by atoms with Crippen molar-refractivity contribution in [1.82, 2.24) is 30.3 Å². The maximum atomic E-state index is 5.81. The molecule has 0 bridgehead atoms. The van der Waals surface area contributed by atoms with Crippen LogP contribution < -0.4 is 10.6 Å². The van der Waals surface area contributed by atoms with E-state index in [0.717, 1.165) is 56.7 Å². The molecule has 0 amide bonds. The van der Waals surface area contributed by atoms with Gasteiger partial charge in [-0.15, -0.1) is 10.2 Å². The van der Waals surface area contributed by atoms with E-state index in [0.29, 0.717) is 6.54 Å². The Balaban J connectivity index is 1.42. The number of benzene rings is 1. The van der Waals surface area contributed by atoms with Gasteiger partial charge in [0.1, 0.15) is 17.9 Å². The molecule has 0 saturated carbocycles. The molecule has 1 aromatic carbocycles. The van der Waals surface area contributed by atoms with Crippen LogP contribution in [0, 0.1) is 0 Å². The topological polar surface area (TPSA) is 83.5 Å². The van der Waals surface area contributed by atoms with Crippen molar-refractivity contribution in [3.8, 4) is 0 Å². The lowest BCUT2D eigenvalue weighted by atomic mass is 10.1. The fraction of sp³-hybridized carbons (Fsp3) is 0.480. The van der Waals surface area contributed by atoms with E-state index in [9.17, 15) is 0 Å². The predicted molar refractivity (Wildman–Crippen MR) is 130 cm³/mol. The van der Waals surface area contributed by atoms with Crippen LogP contribution in [0.1, 0.15) is 49.4 Å². The van der Waals surface area contributed by atoms with E-state index in [4.69, 9.17) is 9.41 Å². The van der Waals surface area contributed by atoms with Crippen LogP contribution in [0.25, 0.3) is 0 Å². The fourth-order valence-corrected chi connectivity index (χ4v) is 4.28. The maximum absolute atomic E-state index is 5.81. The van der Waals surface area contributed by atoms with Crippen molar-refractivity contribution in [2.75, 3.05) is 26.2 Å². The van der Waals surface area contributed by atoms with Crippen molar-refractivity contribution < 1.29 is 4.42 Å². The van der Waals surface area contributed by atoms with E-state index in [1.54, 1.807) is 12.6 Å². The second-order valence-corrected chi connectivity index (χ2v) is 8.38. The number of hydrogen-bond donors (Lipinski definition) is 2. The van der Waals surface area contributed by atoms with Crippen molar-refractivity contribution in [3.63, 3.8) is 0 Å².